The van der Waals surface area contributed by atoms with Gasteiger partial charge in [0.25, 0.3) is 5.91 Å². The van der Waals surface area contributed by atoms with Crippen LogP contribution in [0.5, 0.6) is 0 Å². The molecule has 0 spiro atoms. The van der Waals surface area contributed by atoms with E-state index in [2.05, 4.69) is 10.4 Å². The summed E-state index contributed by atoms with van der Waals surface area (Å²) in [4.78, 5) is 13.2. The van der Waals surface area contributed by atoms with E-state index < -0.39 is 10.0 Å². The summed E-state index contributed by atoms with van der Waals surface area (Å²) in [5.74, 6) is -0.621. The fourth-order valence-electron chi connectivity index (χ4n) is 3.79. The first-order valence-corrected chi connectivity index (χ1v) is 12.2. The molecule has 1 aromatic heterocycles. The van der Waals surface area contributed by atoms with Gasteiger partial charge in [0.15, 0.2) is 0 Å². The standard InChI is InChI=1S/C23H25FN4O3S/c1-16-3-5-17(6-4-16)22-21(15-28(26-22)20-9-7-18(24)8-10-20)23(29)25-19-11-13-27(14-12-19)32(2,30)31/h3-10,15,19H,11-14H2,1-2H3,(H,25,29). The lowest BCUT2D eigenvalue weighted by molar-refractivity contribution is 0.0924. The molecule has 3 aromatic rings. The van der Waals surface area contributed by atoms with Crippen molar-refractivity contribution in [3.05, 3.63) is 71.7 Å². The average Bonchev–Trinajstić information content (AvgIpc) is 3.20. The average molecular weight is 457 g/mol. The first-order chi connectivity index (χ1) is 15.2. The fourth-order valence-corrected chi connectivity index (χ4v) is 4.66. The molecule has 1 amide bonds. The minimum absolute atomic E-state index is 0.125. The quantitative estimate of drug-likeness (QED) is 0.639. The molecular weight excluding hydrogens is 431 g/mol. The highest BCUT2D eigenvalue weighted by Crippen LogP contribution is 2.25. The zero-order valence-corrected chi connectivity index (χ0v) is 18.8. The first kappa shape index (κ1) is 22.2. The number of nitrogens with zero attached hydrogens (tertiary/aromatic N) is 3. The molecule has 9 heteroatoms. The Labute approximate surface area is 186 Å². The SMILES string of the molecule is Cc1ccc(-c2nn(-c3ccc(F)cc3)cc2C(=O)NC2CCN(S(C)(=O)=O)CC2)cc1. The molecule has 2 heterocycles. The van der Waals surface area contributed by atoms with E-state index in [-0.39, 0.29) is 17.8 Å². The van der Waals surface area contributed by atoms with E-state index in [0.717, 1.165) is 11.1 Å². The van der Waals surface area contributed by atoms with E-state index in [0.29, 0.717) is 42.9 Å². The Kier molecular flexibility index (Phi) is 6.12. The Morgan fingerprint density at radius 3 is 2.28 bits per heavy atom. The summed E-state index contributed by atoms with van der Waals surface area (Å²) in [6, 6.07) is 13.5. The van der Waals surface area contributed by atoms with Crippen LogP contribution >= 0.6 is 0 Å². The molecule has 32 heavy (non-hydrogen) atoms. The molecule has 168 valence electrons. The zero-order chi connectivity index (χ0) is 22.9. The van der Waals surface area contributed by atoms with Gasteiger partial charge in [-0.25, -0.2) is 21.8 Å². The fraction of sp³-hybridized carbons (Fsp3) is 0.304. The predicted octanol–water partition coefficient (Wildman–Crippen LogP) is 3.14. The number of carbonyl (C=O) groups excluding carboxylic acids is 1. The second-order valence-corrected chi connectivity index (χ2v) is 10.1. The first-order valence-electron chi connectivity index (χ1n) is 10.4. The van der Waals surface area contributed by atoms with Crippen molar-refractivity contribution in [1.29, 1.82) is 0 Å². The van der Waals surface area contributed by atoms with E-state index in [4.69, 9.17) is 0 Å². The number of aromatic nitrogens is 2. The van der Waals surface area contributed by atoms with Crippen molar-refractivity contribution in [2.24, 2.45) is 0 Å². The molecular formula is C23H25FN4O3S. The minimum Gasteiger partial charge on any atom is -0.349 e. The van der Waals surface area contributed by atoms with Gasteiger partial charge >= 0.3 is 0 Å². The lowest BCUT2D eigenvalue weighted by Gasteiger charge is -2.30. The van der Waals surface area contributed by atoms with E-state index in [1.54, 1.807) is 23.0 Å². The van der Waals surface area contributed by atoms with Crippen molar-refractivity contribution < 1.29 is 17.6 Å². The molecule has 1 aliphatic rings. The Bertz CT molecular complexity index is 1210. The molecule has 1 N–H and O–H groups in total. The minimum atomic E-state index is -3.23. The maximum Gasteiger partial charge on any atom is 0.255 e. The summed E-state index contributed by atoms with van der Waals surface area (Å²) < 4.78 is 39.8. The number of aryl methyl sites for hydroxylation is 1. The predicted molar refractivity (Wildman–Crippen MR) is 121 cm³/mol. The number of piperidine rings is 1. The molecule has 0 bridgehead atoms. The summed E-state index contributed by atoms with van der Waals surface area (Å²) in [6.45, 7) is 2.74. The summed E-state index contributed by atoms with van der Waals surface area (Å²) in [6.07, 6.45) is 3.93. The summed E-state index contributed by atoms with van der Waals surface area (Å²) in [7, 11) is -3.23. The maximum absolute atomic E-state index is 13.3. The molecule has 2 aromatic carbocycles. The van der Waals surface area contributed by atoms with Gasteiger partial charge < -0.3 is 5.32 Å². The van der Waals surface area contributed by atoms with Gasteiger partial charge in [-0.3, -0.25) is 4.79 Å². The van der Waals surface area contributed by atoms with Crippen molar-refractivity contribution in [3.63, 3.8) is 0 Å². The van der Waals surface area contributed by atoms with Gasteiger partial charge in [0, 0.05) is 30.9 Å². The Hall–Kier alpha value is -3.04. The largest absolute Gasteiger partial charge is 0.349 e. The number of sulfonamides is 1. The smallest absolute Gasteiger partial charge is 0.255 e. The van der Waals surface area contributed by atoms with Crippen LogP contribution in [0, 0.1) is 12.7 Å². The van der Waals surface area contributed by atoms with Crippen LogP contribution in [0.25, 0.3) is 16.9 Å². The molecule has 1 fully saturated rings. The lowest BCUT2D eigenvalue weighted by Crippen LogP contribution is -2.46. The third-order valence-corrected chi connectivity index (χ3v) is 6.94. The number of hydrogen-bond acceptors (Lipinski definition) is 4. The maximum atomic E-state index is 13.3. The second-order valence-electron chi connectivity index (χ2n) is 8.09. The van der Waals surface area contributed by atoms with Gasteiger partial charge in [-0.2, -0.15) is 5.10 Å². The highest BCUT2D eigenvalue weighted by Gasteiger charge is 2.27. The number of halogens is 1. The molecule has 0 aliphatic carbocycles. The van der Waals surface area contributed by atoms with Crippen LogP contribution in [0.1, 0.15) is 28.8 Å². The van der Waals surface area contributed by atoms with E-state index in [9.17, 15) is 17.6 Å². The molecule has 1 saturated heterocycles. The Morgan fingerprint density at radius 1 is 1.06 bits per heavy atom. The van der Waals surface area contributed by atoms with Crippen LogP contribution in [0.2, 0.25) is 0 Å². The lowest BCUT2D eigenvalue weighted by atomic mass is 10.0. The van der Waals surface area contributed by atoms with Crippen LogP contribution in [-0.2, 0) is 10.0 Å². The van der Waals surface area contributed by atoms with Crippen LogP contribution < -0.4 is 5.32 Å². The van der Waals surface area contributed by atoms with Crippen molar-refractivity contribution in [2.75, 3.05) is 19.3 Å². The summed E-state index contributed by atoms with van der Waals surface area (Å²) >= 11 is 0. The topological polar surface area (TPSA) is 84.3 Å². The highest BCUT2D eigenvalue weighted by molar-refractivity contribution is 7.88. The molecule has 0 radical (unpaired) electrons. The molecule has 7 nitrogen and oxygen atoms in total. The van der Waals surface area contributed by atoms with Crippen LogP contribution in [0.3, 0.4) is 0 Å². The molecule has 4 rings (SSSR count). The number of hydrogen-bond donors (Lipinski definition) is 1. The number of rotatable bonds is 5. The van der Waals surface area contributed by atoms with Crippen molar-refractivity contribution >= 4 is 15.9 Å². The highest BCUT2D eigenvalue weighted by atomic mass is 32.2. The summed E-state index contributed by atoms with van der Waals surface area (Å²) in [5.41, 5.74) is 3.47. The van der Waals surface area contributed by atoms with Crippen LogP contribution in [-0.4, -0.2) is 53.8 Å². The van der Waals surface area contributed by atoms with Crippen LogP contribution in [0.15, 0.2) is 54.7 Å². The number of benzene rings is 2. The van der Waals surface area contributed by atoms with Gasteiger partial charge in [0.1, 0.15) is 11.5 Å². The Balaban J connectivity index is 1.60. The third-order valence-electron chi connectivity index (χ3n) is 5.63. The molecule has 0 saturated carbocycles. The number of carbonyl (C=O) groups is 1. The van der Waals surface area contributed by atoms with Gasteiger partial charge in [0.05, 0.1) is 17.5 Å². The number of amides is 1. The van der Waals surface area contributed by atoms with Crippen molar-refractivity contribution in [3.8, 4) is 16.9 Å². The van der Waals surface area contributed by atoms with Gasteiger partial charge in [0.2, 0.25) is 10.0 Å². The second kappa shape index (κ2) is 8.84. The third kappa shape index (κ3) is 4.89. The molecule has 1 aliphatic heterocycles. The van der Waals surface area contributed by atoms with E-state index in [1.165, 1.54) is 22.7 Å². The van der Waals surface area contributed by atoms with Gasteiger partial charge in [-0.05, 0) is 44.0 Å². The molecule has 0 atom stereocenters. The summed E-state index contributed by atoms with van der Waals surface area (Å²) in [5, 5.41) is 7.64. The van der Waals surface area contributed by atoms with Crippen molar-refractivity contribution in [1.82, 2.24) is 19.4 Å². The normalized spacial score (nSPS) is 15.6. The Morgan fingerprint density at radius 2 is 1.69 bits per heavy atom. The van der Waals surface area contributed by atoms with Crippen LogP contribution in [0.4, 0.5) is 4.39 Å². The van der Waals surface area contributed by atoms with Gasteiger partial charge in [-0.15, -0.1) is 0 Å². The zero-order valence-electron chi connectivity index (χ0n) is 18.0. The van der Waals surface area contributed by atoms with E-state index >= 15 is 0 Å². The molecule has 0 unspecified atom stereocenters. The number of nitrogens with one attached hydrogen (secondary N) is 1. The monoisotopic (exact) mass is 456 g/mol. The van der Waals surface area contributed by atoms with Crippen molar-refractivity contribution in [2.45, 2.75) is 25.8 Å². The van der Waals surface area contributed by atoms with Gasteiger partial charge in [-0.1, -0.05) is 29.8 Å². The van der Waals surface area contributed by atoms with E-state index in [1.807, 2.05) is 31.2 Å².